The van der Waals surface area contributed by atoms with Crippen LogP contribution < -0.4 is 0 Å². The molecule has 0 rings (SSSR count). The van der Waals surface area contributed by atoms with Crippen LogP contribution >= 0.6 is 0 Å². The van der Waals surface area contributed by atoms with Gasteiger partial charge in [0.2, 0.25) is 0 Å². The van der Waals surface area contributed by atoms with Crippen molar-refractivity contribution in [3.63, 3.8) is 0 Å². The average molecular weight is 334 g/mol. The van der Waals surface area contributed by atoms with Crippen molar-refractivity contribution in [2.45, 2.75) is 36.9 Å². The molecular formula is C6H2F12O2. The second-order valence-corrected chi connectivity index (χ2v) is 3.10. The van der Waals surface area contributed by atoms with Gasteiger partial charge in [0.05, 0.1) is 0 Å². The molecule has 0 aliphatic carbocycles. The highest BCUT2D eigenvalue weighted by atomic mass is 19.4. The molecule has 0 aromatic heterocycles. The second kappa shape index (κ2) is 5.46. The fraction of sp³-hybridized carbons (Fsp3) is 1.00. The first kappa shape index (κ1) is 19.1. The Balaban J connectivity index is 4.84. The van der Waals surface area contributed by atoms with Crippen molar-refractivity contribution in [3.05, 3.63) is 0 Å². The molecule has 0 bridgehead atoms. The predicted molar refractivity (Wildman–Crippen MR) is 34.0 cm³/mol. The highest BCUT2D eigenvalue weighted by molar-refractivity contribution is 4.76. The van der Waals surface area contributed by atoms with Gasteiger partial charge in [-0.15, -0.1) is 0 Å². The summed E-state index contributed by atoms with van der Waals surface area (Å²) < 4.78 is 142. The summed E-state index contributed by atoms with van der Waals surface area (Å²) in [5.41, 5.74) is 0. The van der Waals surface area contributed by atoms with Crippen molar-refractivity contribution < 1.29 is 62.5 Å². The van der Waals surface area contributed by atoms with Gasteiger partial charge in [0.25, 0.3) is 12.3 Å². The standard InChI is InChI=1S/C6H2F12O2/c7-1(3(9,10)11)5(15,16)19-20-6(17,18)2(8)4(12,13)14/h1-2H. The molecular weight excluding hydrogens is 332 g/mol. The second-order valence-electron chi connectivity index (χ2n) is 3.10. The highest BCUT2D eigenvalue weighted by Gasteiger charge is 2.63. The quantitative estimate of drug-likeness (QED) is 0.431. The lowest BCUT2D eigenvalue weighted by atomic mass is 10.3. The van der Waals surface area contributed by atoms with E-state index in [9.17, 15) is 52.7 Å². The Morgan fingerprint density at radius 3 is 0.850 bits per heavy atom. The van der Waals surface area contributed by atoms with Crippen LogP contribution in [0.5, 0.6) is 0 Å². The molecule has 2 atom stereocenters. The van der Waals surface area contributed by atoms with E-state index in [1.807, 2.05) is 9.78 Å². The molecule has 0 aromatic carbocycles. The Bertz CT molecular complexity index is 287. The third kappa shape index (κ3) is 4.88. The van der Waals surface area contributed by atoms with E-state index in [0.29, 0.717) is 0 Å². The van der Waals surface area contributed by atoms with Gasteiger partial charge in [-0.25, -0.2) is 8.78 Å². The molecule has 122 valence electrons. The van der Waals surface area contributed by atoms with E-state index in [0.717, 1.165) is 0 Å². The maximum atomic E-state index is 12.2. The van der Waals surface area contributed by atoms with E-state index in [1.54, 1.807) is 0 Å². The first-order valence-electron chi connectivity index (χ1n) is 4.06. The normalized spacial score (nSPS) is 18.0. The monoisotopic (exact) mass is 334 g/mol. The Labute approximate surface area is 101 Å². The third-order valence-electron chi connectivity index (χ3n) is 1.43. The number of hydrogen-bond donors (Lipinski definition) is 0. The van der Waals surface area contributed by atoms with Crippen LogP contribution in [-0.4, -0.2) is 36.9 Å². The maximum Gasteiger partial charge on any atom is 0.428 e. The van der Waals surface area contributed by atoms with Gasteiger partial charge in [0, 0.05) is 0 Å². The van der Waals surface area contributed by atoms with E-state index in [4.69, 9.17) is 0 Å². The van der Waals surface area contributed by atoms with Gasteiger partial charge in [-0.2, -0.15) is 53.7 Å². The van der Waals surface area contributed by atoms with Crippen LogP contribution in [0, 0.1) is 0 Å². The van der Waals surface area contributed by atoms with E-state index in [1.165, 1.54) is 0 Å². The summed E-state index contributed by atoms with van der Waals surface area (Å²) in [6.07, 6.45) is -35.2. The number of rotatable bonds is 5. The number of halogens is 12. The molecule has 0 fully saturated rings. The topological polar surface area (TPSA) is 18.5 Å². The molecule has 0 saturated heterocycles. The zero-order valence-electron chi connectivity index (χ0n) is 8.51. The summed E-state index contributed by atoms with van der Waals surface area (Å²) in [5.74, 6) is 0. The van der Waals surface area contributed by atoms with Gasteiger partial charge in [0.15, 0.2) is 0 Å². The molecule has 14 heteroatoms. The summed E-state index contributed by atoms with van der Waals surface area (Å²) >= 11 is 0. The molecule has 0 aromatic rings. The van der Waals surface area contributed by atoms with Crippen molar-refractivity contribution in [2.24, 2.45) is 0 Å². The SMILES string of the molecule is FC(C(F)(F)F)C(F)(F)OOC(F)(F)C(F)C(F)(F)F. The lowest BCUT2D eigenvalue weighted by molar-refractivity contribution is -0.549. The fourth-order valence-corrected chi connectivity index (χ4v) is 0.577. The first-order chi connectivity index (χ1) is 8.52. The van der Waals surface area contributed by atoms with Crippen LogP contribution in [0.3, 0.4) is 0 Å². The smallest absolute Gasteiger partial charge is 0.227 e. The minimum Gasteiger partial charge on any atom is -0.227 e. The lowest BCUT2D eigenvalue weighted by Crippen LogP contribution is -2.48. The van der Waals surface area contributed by atoms with Crippen molar-refractivity contribution in [2.75, 3.05) is 0 Å². The van der Waals surface area contributed by atoms with Crippen molar-refractivity contribution in [1.82, 2.24) is 0 Å². The molecule has 2 unspecified atom stereocenters. The molecule has 0 saturated carbocycles. The summed E-state index contributed by atoms with van der Waals surface area (Å²) in [7, 11) is 0. The average Bonchev–Trinajstić information content (AvgIpc) is 2.22. The molecule has 0 spiro atoms. The Morgan fingerprint density at radius 2 is 0.700 bits per heavy atom. The summed E-state index contributed by atoms with van der Waals surface area (Å²) in [6, 6.07) is 0. The lowest BCUT2D eigenvalue weighted by Gasteiger charge is -2.25. The third-order valence-corrected chi connectivity index (χ3v) is 1.43. The summed E-state index contributed by atoms with van der Waals surface area (Å²) in [5, 5.41) is 0. The molecule has 0 aliphatic rings. The van der Waals surface area contributed by atoms with Crippen molar-refractivity contribution in [3.8, 4) is 0 Å². The molecule has 0 aliphatic heterocycles. The molecule has 20 heavy (non-hydrogen) atoms. The first-order valence-corrected chi connectivity index (χ1v) is 4.06. The Morgan fingerprint density at radius 1 is 0.500 bits per heavy atom. The fourth-order valence-electron chi connectivity index (χ4n) is 0.577. The zero-order chi connectivity index (χ0) is 16.6. The van der Waals surface area contributed by atoms with E-state index in [2.05, 4.69) is 0 Å². The van der Waals surface area contributed by atoms with Crippen LogP contribution in [0.25, 0.3) is 0 Å². The van der Waals surface area contributed by atoms with Gasteiger partial charge < -0.3 is 0 Å². The minimum absolute atomic E-state index is 1.98. The van der Waals surface area contributed by atoms with Crippen molar-refractivity contribution >= 4 is 0 Å². The van der Waals surface area contributed by atoms with Crippen LogP contribution in [0.4, 0.5) is 52.7 Å². The van der Waals surface area contributed by atoms with Crippen LogP contribution in [0.1, 0.15) is 0 Å². The Hall–Kier alpha value is -0.920. The van der Waals surface area contributed by atoms with Crippen LogP contribution in [-0.2, 0) is 9.78 Å². The minimum atomic E-state index is -6.29. The van der Waals surface area contributed by atoms with Crippen LogP contribution in [0.2, 0.25) is 0 Å². The number of hydrogen-bond acceptors (Lipinski definition) is 2. The van der Waals surface area contributed by atoms with Gasteiger partial charge >= 0.3 is 24.6 Å². The molecule has 0 radical (unpaired) electrons. The Kier molecular flexibility index (Phi) is 5.21. The van der Waals surface area contributed by atoms with Crippen LogP contribution in [0.15, 0.2) is 0 Å². The summed E-state index contributed by atoms with van der Waals surface area (Å²) in [6.45, 7) is 0. The maximum absolute atomic E-state index is 12.2. The molecule has 0 N–H and O–H groups in total. The molecule has 0 heterocycles. The number of alkyl halides is 12. The van der Waals surface area contributed by atoms with E-state index >= 15 is 0 Å². The largest absolute Gasteiger partial charge is 0.428 e. The summed E-state index contributed by atoms with van der Waals surface area (Å²) in [4.78, 5) is 3.96. The highest BCUT2D eigenvalue weighted by Crippen LogP contribution is 2.40. The molecule has 2 nitrogen and oxygen atoms in total. The van der Waals surface area contributed by atoms with E-state index in [-0.39, 0.29) is 0 Å². The van der Waals surface area contributed by atoms with Gasteiger partial charge in [-0.3, -0.25) is 0 Å². The molecule has 0 amide bonds. The van der Waals surface area contributed by atoms with Gasteiger partial charge in [-0.1, -0.05) is 0 Å². The predicted octanol–water partition coefficient (Wildman–Crippen LogP) is 3.92. The van der Waals surface area contributed by atoms with Gasteiger partial charge in [0.1, 0.15) is 0 Å². The van der Waals surface area contributed by atoms with Crippen molar-refractivity contribution in [1.29, 1.82) is 0 Å². The zero-order valence-corrected chi connectivity index (χ0v) is 8.51. The van der Waals surface area contributed by atoms with E-state index < -0.39 is 36.9 Å². The van der Waals surface area contributed by atoms with Gasteiger partial charge in [-0.05, 0) is 0 Å².